The zero-order chi connectivity index (χ0) is 18.4. The van der Waals surface area contributed by atoms with Gasteiger partial charge in [-0.25, -0.2) is 8.42 Å². The third kappa shape index (κ3) is 4.24. The molecule has 0 heterocycles. The van der Waals surface area contributed by atoms with E-state index < -0.39 is 10.0 Å². The summed E-state index contributed by atoms with van der Waals surface area (Å²) in [5.41, 5.74) is 1.38. The Kier molecular flexibility index (Phi) is 5.91. The van der Waals surface area contributed by atoms with E-state index in [2.05, 4.69) is 5.32 Å². The first-order valence-corrected chi connectivity index (χ1v) is 9.28. The summed E-state index contributed by atoms with van der Waals surface area (Å²) in [6.07, 6.45) is 0. The van der Waals surface area contributed by atoms with Crippen molar-refractivity contribution in [3.63, 3.8) is 0 Å². The molecule has 0 atom stereocenters. The second-order valence-corrected chi connectivity index (χ2v) is 7.19. The number of nitrogens with zero attached hydrogens (tertiary/aromatic N) is 2. The lowest BCUT2D eigenvalue weighted by atomic mass is 10.1. The zero-order valence-corrected chi connectivity index (χ0v) is 14.9. The van der Waals surface area contributed by atoms with E-state index in [4.69, 9.17) is 5.26 Å². The first-order chi connectivity index (χ1) is 11.9. The van der Waals surface area contributed by atoms with Gasteiger partial charge in [-0.05, 0) is 48.5 Å². The maximum atomic E-state index is 12.4. The van der Waals surface area contributed by atoms with Crippen LogP contribution < -0.4 is 5.32 Å². The summed E-state index contributed by atoms with van der Waals surface area (Å²) in [5, 5.41) is 11.5. The molecular weight excluding hydrogens is 338 g/mol. The molecule has 0 aliphatic rings. The van der Waals surface area contributed by atoms with Gasteiger partial charge in [0.2, 0.25) is 10.0 Å². The van der Waals surface area contributed by atoms with Crippen LogP contribution in [-0.4, -0.2) is 31.7 Å². The number of carbonyl (C=O) groups is 1. The van der Waals surface area contributed by atoms with Gasteiger partial charge >= 0.3 is 0 Å². The van der Waals surface area contributed by atoms with Gasteiger partial charge in [0.25, 0.3) is 5.91 Å². The fourth-order valence-electron chi connectivity index (χ4n) is 2.32. The highest BCUT2D eigenvalue weighted by Gasteiger charge is 2.21. The summed E-state index contributed by atoms with van der Waals surface area (Å²) in [4.78, 5) is 12.4. The number of nitriles is 1. The van der Waals surface area contributed by atoms with Crippen LogP contribution in [0.4, 0.5) is 5.69 Å². The van der Waals surface area contributed by atoms with Crippen LogP contribution in [-0.2, 0) is 10.0 Å². The second-order valence-electron chi connectivity index (χ2n) is 5.26. The SMILES string of the molecule is CCN(CC)S(=O)(=O)c1ccc(NC(=O)c2ccc(C#N)cc2)cc1. The van der Waals surface area contributed by atoms with Gasteiger partial charge in [0.05, 0.1) is 16.5 Å². The van der Waals surface area contributed by atoms with E-state index in [1.807, 2.05) is 6.07 Å². The number of hydrogen-bond donors (Lipinski definition) is 1. The molecule has 0 saturated carbocycles. The summed E-state index contributed by atoms with van der Waals surface area (Å²) in [7, 11) is -3.52. The van der Waals surface area contributed by atoms with E-state index in [0.29, 0.717) is 29.9 Å². The van der Waals surface area contributed by atoms with Crippen molar-refractivity contribution in [3.05, 3.63) is 59.7 Å². The zero-order valence-electron chi connectivity index (χ0n) is 14.1. The van der Waals surface area contributed by atoms with Crippen LogP contribution in [0.15, 0.2) is 53.4 Å². The highest BCUT2D eigenvalue weighted by molar-refractivity contribution is 7.89. The van der Waals surface area contributed by atoms with Crippen LogP contribution >= 0.6 is 0 Å². The monoisotopic (exact) mass is 357 g/mol. The van der Waals surface area contributed by atoms with Crippen molar-refractivity contribution in [2.45, 2.75) is 18.7 Å². The number of rotatable bonds is 6. The molecule has 0 fully saturated rings. The fourth-order valence-corrected chi connectivity index (χ4v) is 3.78. The van der Waals surface area contributed by atoms with Crippen LogP contribution in [0.5, 0.6) is 0 Å². The van der Waals surface area contributed by atoms with Crippen LogP contribution in [0.3, 0.4) is 0 Å². The first-order valence-electron chi connectivity index (χ1n) is 7.84. The number of hydrogen-bond acceptors (Lipinski definition) is 4. The molecule has 0 aliphatic heterocycles. The van der Waals surface area contributed by atoms with Gasteiger partial charge in [0.1, 0.15) is 0 Å². The number of benzene rings is 2. The summed E-state index contributed by atoms with van der Waals surface area (Å²) in [6, 6.07) is 14.3. The van der Waals surface area contributed by atoms with Crippen LogP contribution in [0, 0.1) is 11.3 Å². The van der Waals surface area contributed by atoms with Crippen molar-refractivity contribution in [1.29, 1.82) is 5.26 Å². The molecule has 6 nitrogen and oxygen atoms in total. The highest BCUT2D eigenvalue weighted by Crippen LogP contribution is 2.19. The van der Waals surface area contributed by atoms with E-state index in [-0.39, 0.29) is 10.8 Å². The molecule has 0 aliphatic carbocycles. The minimum atomic E-state index is -3.52. The predicted octanol–water partition coefficient (Wildman–Crippen LogP) is 2.84. The average Bonchev–Trinajstić information content (AvgIpc) is 2.63. The number of sulfonamides is 1. The van der Waals surface area contributed by atoms with Crippen LogP contribution in [0.1, 0.15) is 29.8 Å². The average molecular weight is 357 g/mol. The quantitative estimate of drug-likeness (QED) is 0.861. The van der Waals surface area contributed by atoms with Crippen LogP contribution in [0.2, 0.25) is 0 Å². The standard InChI is InChI=1S/C18H19N3O3S/c1-3-21(4-2)25(23,24)17-11-9-16(10-12-17)20-18(22)15-7-5-14(13-19)6-8-15/h5-12H,3-4H2,1-2H3,(H,20,22). The maximum Gasteiger partial charge on any atom is 0.255 e. The maximum absolute atomic E-state index is 12.4. The third-order valence-electron chi connectivity index (χ3n) is 3.73. The Morgan fingerprint density at radius 3 is 2.08 bits per heavy atom. The molecule has 2 aromatic rings. The Balaban J connectivity index is 2.14. The van der Waals surface area contributed by atoms with Gasteiger partial charge in [0.15, 0.2) is 0 Å². The van der Waals surface area contributed by atoms with E-state index in [0.717, 1.165) is 0 Å². The molecule has 0 aromatic heterocycles. The minimum absolute atomic E-state index is 0.188. The molecule has 0 unspecified atom stereocenters. The lowest BCUT2D eigenvalue weighted by Crippen LogP contribution is -2.30. The molecule has 0 bridgehead atoms. The summed E-state index contributed by atoms with van der Waals surface area (Å²) in [5.74, 6) is -0.330. The third-order valence-corrected chi connectivity index (χ3v) is 5.80. The normalized spacial score (nSPS) is 11.1. The van der Waals surface area contributed by atoms with E-state index in [1.165, 1.54) is 16.4 Å². The Morgan fingerprint density at radius 2 is 1.60 bits per heavy atom. The lowest BCUT2D eigenvalue weighted by Gasteiger charge is -2.18. The van der Waals surface area contributed by atoms with E-state index in [1.54, 1.807) is 50.2 Å². The Hall–Kier alpha value is -2.69. The van der Waals surface area contributed by atoms with Crippen molar-refractivity contribution < 1.29 is 13.2 Å². The fraction of sp³-hybridized carbons (Fsp3) is 0.222. The molecule has 7 heteroatoms. The van der Waals surface area contributed by atoms with Gasteiger partial charge in [-0.3, -0.25) is 4.79 Å². The molecular formula is C18H19N3O3S. The number of anilines is 1. The van der Waals surface area contributed by atoms with Crippen molar-refractivity contribution >= 4 is 21.6 Å². The smallest absolute Gasteiger partial charge is 0.255 e. The second kappa shape index (κ2) is 7.92. The summed E-state index contributed by atoms with van der Waals surface area (Å²) >= 11 is 0. The molecule has 1 N–H and O–H groups in total. The van der Waals surface area contributed by atoms with Crippen LogP contribution in [0.25, 0.3) is 0 Å². The Bertz CT molecular complexity index is 879. The minimum Gasteiger partial charge on any atom is -0.322 e. The molecule has 2 aromatic carbocycles. The van der Waals surface area contributed by atoms with Gasteiger partial charge in [-0.2, -0.15) is 9.57 Å². The van der Waals surface area contributed by atoms with Gasteiger partial charge < -0.3 is 5.32 Å². The van der Waals surface area contributed by atoms with Gasteiger partial charge in [0, 0.05) is 24.3 Å². The number of nitrogens with one attached hydrogen (secondary N) is 1. The summed E-state index contributed by atoms with van der Waals surface area (Å²) < 4.78 is 26.2. The van der Waals surface area contributed by atoms with Crippen molar-refractivity contribution in [1.82, 2.24) is 4.31 Å². The number of carbonyl (C=O) groups excluding carboxylic acids is 1. The van der Waals surface area contributed by atoms with Gasteiger partial charge in [-0.1, -0.05) is 13.8 Å². The Labute approximate surface area is 147 Å². The first kappa shape index (κ1) is 18.6. The largest absolute Gasteiger partial charge is 0.322 e. The summed E-state index contributed by atoms with van der Waals surface area (Å²) in [6.45, 7) is 4.37. The van der Waals surface area contributed by atoms with E-state index in [9.17, 15) is 13.2 Å². The highest BCUT2D eigenvalue weighted by atomic mass is 32.2. The molecule has 2 rings (SSSR count). The lowest BCUT2D eigenvalue weighted by molar-refractivity contribution is 0.102. The number of amides is 1. The molecule has 25 heavy (non-hydrogen) atoms. The molecule has 130 valence electrons. The van der Waals surface area contributed by atoms with E-state index >= 15 is 0 Å². The molecule has 1 amide bonds. The van der Waals surface area contributed by atoms with Crippen molar-refractivity contribution in [2.75, 3.05) is 18.4 Å². The Morgan fingerprint density at radius 1 is 1.04 bits per heavy atom. The van der Waals surface area contributed by atoms with Crippen molar-refractivity contribution in [3.8, 4) is 6.07 Å². The molecule has 0 radical (unpaired) electrons. The molecule has 0 saturated heterocycles. The van der Waals surface area contributed by atoms with Crippen molar-refractivity contribution in [2.24, 2.45) is 0 Å². The topological polar surface area (TPSA) is 90.3 Å². The molecule has 0 spiro atoms. The van der Waals surface area contributed by atoms with Gasteiger partial charge in [-0.15, -0.1) is 0 Å². The predicted molar refractivity (Wildman–Crippen MR) is 95.7 cm³/mol.